The Labute approximate surface area is 93.1 Å². The summed E-state index contributed by atoms with van der Waals surface area (Å²) < 4.78 is 0. The first-order valence-corrected chi connectivity index (χ1v) is 5.68. The summed E-state index contributed by atoms with van der Waals surface area (Å²) in [6, 6.07) is 0. The van der Waals surface area contributed by atoms with E-state index in [1.54, 1.807) is 6.08 Å². The maximum Gasteiger partial charge on any atom is 0.0233 e. The van der Waals surface area contributed by atoms with E-state index in [2.05, 4.69) is 36.3 Å². The molecule has 15 heavy (non-hydrogen) atoms. The Bertz CT molecular complexity index is 235. The van der Waals surface area contributed by atoms with Crippen LogP contribution in [0.5, 0.6) is 0 Å². The Morgan fingerprint density at radius 3 is 2.73 bits per heavy atom. The molecule has 1 rings (SSSR count). The zero-order chi connectivity index (χ0) is 11.0. The van der Waals surface area contributed by atoms with E-state index in [0.29, 0.717) is 5.41 Å². The van der Waals surface area contributed by atoms with E-state index >= 15 is 0 Å². The molecule has 0 amide bonds. The van der Waals surface area contributed by atoms with Gasteiger partial charge in [0.2, 0.25) is 0 Å². The van der Waals surface area contributed by atoms with Crippen molar-refractivity contribution in [1.29, 1.82) is 0 Å². The summed E-state index contributed by atoms with van der Waals surface area (Å²) in [5, 5.41) is 6.75. The van der Waals surface area contributed by atoms with Crippen LogP contribution in [-0.4, -0.2) is 19.6 Å². The molecule has 0 unspecified atom stereocenters. The van der Waals surface area contributed by atoms with E-state index in [1.807, 2.05) is 12.3 Å². The van der Waals surface area contributed by atoms with Crippen LogP contribution in [0.15, 0.2) is 37.1 Å². The zero-order valence-electron chi connectivity index (χ0n) is 9.63. The normalized spacial score (nSPS) is 20.9. The van der Waals surface area contributed by atoms with Crippen LogP contribution in [0.3, 0.4) is 0 Å². The molecule has 2 heteroatoms. The molecule has 0 bridgehead atoms. The minimum Gasteiger partial charge on any atom is -0.390 e. The van der Waals surface area contributed by atoms with E-state index in [9.17, 15) is 0 Å². The summed E-state index contributed by atoms with van der Waals surface area (Å²) in [4.78, 5) is 0. The molecule has 0 aliphatic carbocycles. The summed E-state index contributed by atoms with van der Waals surface area (Å²) >= 11 is 0. The third-order valence-electron chi connectivity index (χ3n) is 2.92. The molecule has 1 heterocycles. The highest BCUT2D eigenvalue weighted by atomic mass is 14.9. The van der Waals surface area contributed by atoms with Crippen molar-refractivity contribution in [3.05, 3.63) is 37.1 Å². The molecule has 0 spiro atoms. The summed E-state index contributed by atoms with van der Waals surface area (Å²) in [6.07, 6.45) is 12.6. The van der Waals surface area contributed by atoms with Gasteiger partial charge in [0.15, 0.2) is 0 Å². The molecule has 0 aromatic heterocycles. The van der Waals surface area contributed by atoms with Crippen molar-refractivity contribution in [1.82, 2.24) is 10.6 Å². The second-order valence-electron chi connectivity index (χ2n) is 4.09. The van der Waals surface area contributed by atoms with E-state index in [0.717, 1.165) is 19.6 Å². The number of piperidine rings is 1. The lowest BCUT2D eigenvalue weighted by atomic mass is 9.78. The Kier molecular flexibility index (Phi) is 5.19. The molecule has 0 radical (unpaired) electrons. The highest BCUT2D eigenvalue weighted by molar-refractivity contribution is 5.04. The van der Waals surface area contributed by atoms with E-state index < -0.39 is 0 Å². The maximum absolute atomic E-state index is 3.65. The highest BCUT2D eigenvalue weighted by Gasteiger charge is 2.28. The molecule has 1 saturated heterocycles. The summed E-state index contributed by atoms with van der Waals surface area (Å²) in [5.74, 6) is 0. The highest BCUT2D eigenvalue weighted by Crippen LogP contribution is 2.29. The average molecular weight is 206 g/mol. The summed E-state index contributed by atoms with van der Waals surface area (Å²) in [7, 11) is 0. The lowest BCUT2D eigenvalue weighted by Gasteiger charge is -2.35. The third-order valence-corrected chi connectivity index (χ3v) is 2.92. The molecule has 2 N–H and O–H groups in total. The largest absolute Gasteiger partial charge is 0.390 e. The standard InChI is InChI=1S/C13H22N2/c1-3-5-9-15-12-13(6-4-2)7-10-14-11-8-13/h3-6,9,14-15H,1,7-8,10-12H2,2H3/b6-4+,9-5+. The van der Waals surface area contributed by atoms with Gasteiger partial charge in [0.05, 0.1) is 0 Å². The molecular formula is C13H22N2. The second-order valence-corrected chi connectivity index (χ2v) is 4.09. The minimum atomic E-state index is 0.339. The van der Waals surface area contributed by atoms with Crippen molar-refractivity contribution in [3.63, 3.8) is 0 Å². The first-order chi connectivity index (χ1) is 7.33. The van der Waals surface area contributed by atoms with Gasteiger partial charge in [-0.25, -0.2) is 0 Å². The molecule has 2 nitrogen and oxygen atoms in total. The third kappa shape index (κ3) is 3.92. The second kappa shape index (κ2) is 6.46. The van der Waals surface area contributed by atoms with Gasteiger partial charge in [-0.1, -0.05) is 24.8 Å². The molecular weight excluding hydrogens is 184 g/mol. The monoisotopic (exact) mass is 206 g/mol. The van der Waals surface area contributed by atoms with Crippen molar-refractivity contribution in [2.24, 2.45) is 5.41 Å². The van der Waals surface area contributed by atoms with Crippen molar-refractivity contribution >= 4 is 0 Å². The number of nitrogens with one attached hydrogen (secondary N) is 2. The molecule has 84 valence electrons. The van der Waals surface area contributed by atoms with Crippen molar-refractivity contribution in [3.8, 4) is 0 Å². The van der Waals surface area contributed by atoms with Crippen LogP contribution in [-0.2, 0) is 0 Å². The molecule has 1 aliphatic heterocycles. The Morgan fingerprint density at radius 1 is 1.40 bits per heavy atom. The number of hydrogen-bond donors (Lipinski definition) is 2. The number of allylic oxidation sites excluding steroid dienone is 3. The first-order valence-electron chi connectivity index (χ1n) is 5.68. The van der Waals surface area contributed by atoms with E-state index in [4.69, 9.17) is 0 Å². The Balaban J connectivity index is 2.48. The van der Waals surface area contributed by atoms with Crippen LogP contribution < -0.4 is 10.6 Å². The lowest BCUT2D eigenvalue weighted by Crippen LogP contribution is -2.41. The van der Waals surface area contributed by atoms with Crippen LogP contribution in [0.4, 0.5) is 0 Å². The van der Waals surface area contributed by atoms with Gasteiger partial charge in [-0.2, -0.15) is 0 Å². The van der Waals surface area contributed by atoms with Gasteiger partial charge in [-0.15, -0.1) is 0 Å². The number of hydrogen-bond acceptors (Lipinski definition) is 2. The van der Waals surface area contributed by atoms with Crippen molar-refractivity contribution < 1.29 is 0 Å². The van der Waals surface area contributed by atoms with Crippen LogP contribution >= 0.6 is 0 Å². The van der Waals surface area contributed by atoms with Crippen LogP contribution in [0, 0.1) is 5.41 Å². The van der Waals surface area contributed by atoms with Gasteiger partial charge in [0, 0.05) is 12.0 Å². The molecule has 0 aromatic rings. The molecule has 1 aliphatic rings. The van der Waals surface area contributed by atoms with Gasteiger partial charge in [-0.3, -0.25) is 0 Å². The van der Waals surface area contributed by atoms with Gasteiger partial charge >= 0.3 is 0 Å². The smallest absolute Gasteiger partial charge is 0.0233 e. The van der Waals surface area contributed by atoms with E-state index in [-0.39, 0.29) is 0 Å². The van der Waals surface area contributed by atoms with Gasteiger partial charge in [-0.05, 0) is 45.1 Å². The topological polar surface area (TPSA) is 24.1 Å². The van der Waals surface area contributed by atoms with Gasteiger partial charge in [0.1, 0.15) is 0 Å². The molecule has 0 atom stereocenters. The van der Waals surface area contributed by atoms with Crippen LogP contribution in [0.1, 0.15) is 19.8 Å². The number of rotatable bonds is 5. The predicted octanol–water partition coefficient (Wildman–Crippen LogP) is 2.22. The van der Waals surface area contributed by atoms with E-state index in [1.165, 1.54) is 12.8 Å². The fraction of sp³-hybridized carbons (Fsp3) is 0.538. The molecule has 0 aromatic carbocycles. The van der Waals surface area contributed by atoms with Crippen molar-refractivity contribution in [2.75, 3.05) is 19.6 Å². The van der Waals surface area contributed by atoms with Gasteiger partial charge < -0.3 is 10.6 Å². The average Bonchev–Trinajstić information content (AvgIpc) is 2.26. The Morgan fingerprint density at radius 2 is 2.13 bits per heavy atom. The predicted molar refractivity (Wildman–Crippen MR) is 66.7 cm³/mol. The Hall–Kier alpha value is -1.02. The lowest BCUT2D eigenvalue weighted by molar-refractivity contribution is 0.269. The fourth-order valence-corrected chi connectivity index (χ4v) is 2.08. The SMILES string of the molecule is C=C/C=C/NCC1(/C=C/C)CCNCC1. The maximum atomic E-state index is 3.65. The summed E-state index contributed by atoms with van der Waals surface area (Å²) in [6.45, 7) is 9.01. The first kappa shape index (κ1) is 12.1. The van der Waals surface area contributed by atoms with Crippen molar-refractivity contribution in [2.45, 2.75) is 19.8 Å². The molecule has 1 fully saturated rings. The van der Waals surface area contributed by atoms with Gasteiger partial charge in [0.25, 0.3) is 0 Å². The fourth-order valence-electron chi connectivity index (χ4n) is 2.08. The van der Waals surface area contributed by atoms with Crippen LogP contribution in [0.2, 0.25) is 0 Å². The minimum absolute atomic E-state index is 0.339. The quantitative estimate of drug-likeness (QED) is 0.532. The summed E-state index contributed by atoms with van der Waals surface area (Å²) in [5.41, 5.74) is 0.339. The molecule has 0 saturated carbocycles. The van der Waals surface area contributed by atoms with Crippen LogP contribution in [0.25, 0.3) is 0 Å². The zero-order valence-corrected chi connectivity index (χ0v) is 9.63.